The van der Waals surface area contributed by atoms with E-state index >= 15 is 0 Å². The lowest BCUT2D eigenvalue weighted by atomic mass is 10.0. The number of hydrogen-bond donors (Lipinski definition) is 2. The van der Waals surface area contributed by atoms with Crippen molar-refractivity contribution in [2.24, 2.45) is 0 Å². The Hall–Kier alpha value is -4.65. The molecule has 0 aliphatic carbocycles. The van der Waals surface area contributed by atoms with E-state index in [1.54, 1.807) is 36.5 Å². The summed E-state index contributed by atoms with van der Waals surface area (Å²) in [6, 6.07) is 15.3. The van der Waals surface area contributed by atoms with Gasteiger partial charge in [0.05, 0.1) is 39.8 Å². The third-order valence-corrected chi connectivity index (χ3v) is 7.23. The number of carbonyl (C=O) groups is 1. The number of benzene rings is 2. The maximum absolute atomic E-state index is 12.8. The first-order valence-electron chi connectivity index (χ1n) is 14.9. The minimum Gasteiger partial charge on any atom is -0.492 e. The largest absolute Gasteiger partial charge is 0.492 e. The molecule has 45 heavy (non-hydrogen) atoms. The van der Waals surface area contributed by atoms with Crippen LogP contribution in [0.1, 0.15) is 56.1 Å². The van der Waals surface area contributed by atoms with Gasteiger partial charge in [0.1, 0.15) is 24.2 Å². The van der Waals surface area contributed by atoms with E-state index in [0.717, 1.165) is 11.3 Å². The molecule has 4 rings (SSSR count). The van der Waals surface area contributed by atoms with Crippen molar-refractivity contribution in [1.82, 2.24) is 14.9 Å². The van der Waals surface area contributed by atoms with Crippen LogP contribution < -0.4 is 20.1 Å². The number of carbonyl (C=O) groups excluding carboxylic acids is 1. The molecule has 2 aromatic heterocycles. The number of ether oxygens (including phenoxy) is 2. The van der Waals surface area contributed by atoms with Crippen LogP contribution in [-0.4, -0.2) is 48.0 Å². The molecule has 0 unspecified atom stereocenters. The summed E-state index contributed by atoms with van der Waals surface area (Å²) in [4.78, 5) is 23.9. The van der Waals surface area contributed by atoms with Crippen LogP contribution in [0.15, 0.2) is 60.8 Å². The molecule has 0 bridgehead atoms. The highest BCUT2D eigenvalue weighted by Gasteiger charge is 2.19. The van der Waals surface area contributed by atoms with E-state index in [0.29, 0.717) is 87.8 Å². The summed E-state index contributed by atoms with van der Waals surface area (Å²) < 4.78 is 11.9. The third kappa shape index (κ3) is 8.50. The van der Waals surface area contributed by atoms with Crippen molar-refractivity contribution in [3.63, 3.8) is 0 Å². The molecule has 1 amide bonds. The van der Waals surface area contributed by atoms with Gasteiger partial charge < -0.3 is 25.0 Å². The van der Waals surface area contributed by atoms with Crippen LogP contribution >= 0.6 is 11.6 Å². The Morgan fingerprint density at radius 3 is 2.58 bits per heavy atom. The van der Waals surface area contributed by atoms with Gasteiger partial charge in [0.2, 0.25) is 5.91 Å². The monoisotopic (exact) mass is 626 g/mol. The van der Waals surface area contributed by atoms with Gasteiger partial charge in [0.15, 0.2) is 0 Å². The number of anilines is 3. The van der Waals surface area contributed by atoms with E-state index in [9.17, 15) is 10.1 Å². The van der Waals surface area contributed by atoms with Gasteiger partial charge in [-0.3, -0.25) is 14.8 Å². The van der Waals surface area contributed by atoms with Gasteiger partial charge >= 0.3 is 0 Å². The lowest BCUT2D eigenvalue weighted by Gasteiger charge is -2.18. The SMILES string of the molecule is CCOc1cc2nc(CC)c(C#N)c(Nc3ccc(OCc4ccnc(C(C)C)c4)c(Cl)c3)c2cc1NC(=O)/C=C/CN(C)C. The highest BCUT2D eigenvalue weighted by atomic mass is 35.5. The Labute approximate surface area is 269 Å². The van der Waals surface area contributed by atoms with Gasteiger partial charge in [-0.2, -0.15) is 5.26 Å². The second-order valence-electron chi connectivity index (χ2n) is 11.0. The van der Waals surface area contributed by atoms with Crippen LogP contribution in [0.5, 0.6) is 11.5 Å². The summed E-state index contributed by atoms with van der Waals surface area (Å²) >= 11 is 6.67. The lowest BCUT2D eigenvalue weighted by Crippen LogP contribution is -2.13. The number of likely N-dealkylation sites (N-methyl/N-ethyl adjacent to an activating group) is 1. The number of aromatic nitrogens is 2. The Morgan fingerprint density at radius 2 is 1.91 bits per heavy atom. The number of nitrogens with zero attached hydrogens (tertiary/aromatic N) is 4. The number of amides is 1. The number of halogens is 1. The molecule has 0 radical (unpaired) electrons. The number of pyridine rings is 2. The smallest absolute Gasteiger partial charge is 0.248 e. The van der Waals surface area contributed by atoms with Crippen LogP contribution in [0.25, 0.3) is 10.9 Å². The summed E-state index contributed by atoms with van der Waals surface area (Å²) in [5.41, 5.74) is 5.38. The van der Waals surface area contributed by atoms with Gasteiger partial charge in [-0.25, -0.2) is 0 Å². The van der Waals surface area contributed by atoms with Crippen molar-refractivity contribution in [2.45, 2.75) is 46.6 Å². The molecular weight excluding hydrogens is 588 g/mol. The molecule has 2 N–H and O–H groups in total. The predicted molar refractivity (Wildman–Crippen MR) is 181 cm³/mol. The van der Waals surface area contributed by atoms with Gasteiger partial charge in [0.25, 0.3) is 0 Å². The van der Waals surface area contributed by atoms with Crippen molar-refractivity contribution in [3.05, 3.63) is 88.4 Å². The van der Waals surface area contributed by atoms with Gasteiger partial charge in [-0.1, -0.05) is 38.4 Å². The van der Waals surface area contributed by atoms with Gasteiger partial charge in [0, 0.05) is 41.7 Å². The van der Waals surface area contributed by atoms with Crippen LogP contribution in [-0.2, 0) is 17.8 Å². The number of nitriles is 1. The van der Waals surface area contributed by atoms with E-state index in [1.807, 2.05) is 51.0 Å². The topological polar surface area (TPSA) is 112 Å². The fourth-order valence-corrected chi connectivity index (χ4v) is 4.90. The Balaban J connectivity index is 1.68. The molecule has 4 aromatic rings. The zero-order valence-electron chi connectivity index (χ0n) is 26.6. The first-order chi connectivity index (χ1) is 21.6. The van der Waals surface area contributed by atoms with Crippen LogP contribution in [0, 0.1) is 11.3 Å². The highest BCUT2D eigenvalue weighted by molar-refractivity contribution is 6.32. The summed E-state index contributed by atoms with van der Waals surface area (Å²) in [6.45, 7) is 9.41. The minimum absolute atomic E-state index is 0.292. The van der Waals surface area contributed by atoms with E-state index in [1.165, 1.54) is 6.08 Å². The first-order valence-corrected chi connectivity index (χ1v) is 15.3. The molecule has 0 spiro atoms. The van der Waals surface area contributed by atoms with Crippen molar-refractivity contribution in [2.75, 3.05) is 37.9 Å². The number of fused-ring (bicyclic) bond motifs is 1. The zero-order chi connectivity index (χ0) is 32.5. The van der Waals surface area contributed by atoms with Crippen LogP contribution in [0.2, 0.25) is 5.02 Å². The highest BCUT2D eigenvalue weighted by Crippen LogP contribution is 2.38. The summed E-state index contributed by atoms with van der Waals surface area (Å²) in [6.07, 6.45) is 5.61. The summed E-state index contributed by atoms with van der Waals surface area (Å²) in [5.74, 6) is 1.05. The third-order valence-electron chi connectivity index (χ3n) is 6.94. The number of nitrogens with one attached hydrogen (secondary N) is 2. The quantitative estimate of drug-likeness (QED) is 0.146. The molecule has 234 valence electrons. The summed E-state index contributed by atoms with van der Waals surface area (Å²) in [5, 5.41) is 17.6. The molecule has 0 saturated heterocycles. The molecule has 0 fully saturated rings. The molecule has 10 heteroatoms. The molecular formula is C35H39ClN6O3. The fourth-order valence-electron chi connectivity index (χ4n) is 4.67. The second kappa shape index (κ2) is 15.4. The maximum atomic E-state index is 12.8. The molecule has 0 aliphatic rings. The minimum atomic E-state index is -0.292. The molecule has 0 atom stereocenters. The van der Waals surface area contributed by atoms with Crippen molar-refractivity contribution < 1.29 is 14.3 Å². The normalized spacial score (nSPS) is 11.3. The second-order valence-corrected chi connectivity index (χ2v) is 11.4. The fraction of sp³-hybridized carbons (Fsp3) is 0.314. The molecule has 2 heterocycles. The number of aryl methyl sites for hydroxylation is 1. The first kappa shape index (κ1) is 33.2. The van der Waals surface area contributed by atoms with Gasteiger partial charge in [-0.15, -0.1) is 0 Å². The van der Waals surface area contributed by atoms with Gasteiger partial charge in [-0.05, 0) is 75.3 Å². The lowest BCUT2D eigenvalue weighted by molar-refractivity contribution is -0.111. The van der Waals surface area contributed by atoms with E-state index < -0.39 is 0 Å². The van der Waals surface area contributed by atoms with Crippen molar-refractivity contribution >= 4 is 45.5 Å². The number of hydrogen-bond acceptors (Lipinski definition) is 8. The van der Waals surface area contributed by atoms with E-state index in [2.05, 4.69) is 35.5 Å². The molecule has 2 aromatic carbocycles. The van der Waals surface area contributed by atoms with E-state index in [4.69, 9.17) is 26.1 Å². The van der Waals surface area contributed by atoms with Crippen LogP contribution in [0.4, 0.5) is 17.1 Å². The van der Waals surface area contributed by atoms with Crippen molar-refractivity contribution in [1.29, 1.82) is 5.26 Å². The maximum Gasteiger partial charge on any atom is 0.248 e. The van der Waals surface area contributed by atoms with E-state index in [-0.39, 0.29) is 5.91 Å². The zero-order valence-corrected chi connectivity index (χ0v) is 27.3. The average molecular weight is 627 g/mol. The van der Waals surface area contributed by atoms with Crippen molar-refractivity contribution in [3.8, 4) is 17.6 Å². The Kier molecular flexibility index (Phi) is 11.4. The summed E-state index contributed by atoms with van der Waals surface area (Å²) in [7, 11) is 3.85. The molecule has 0 aliphatic heterocycles. The number of rotatable bonds is 13. The van der Waals surface area contributed by atoms with Crippen LogP contribution in [0.3, 0.4) is 0 Å². The Morgan fingerprint density at radius 1 is 1.11 bits per heavy atom. The Bertz CT molecular complexity index is 1750. The average Bonchev–Trinajstić information content (AvgIpc) is 3.01. The molecule has 9 nitrogen and oxygen atoms in total. The molecule has 0 saturated carbocycles. The predicted octanol–water partition coefficient (Wildman–Crippen LogP) is 7.62. The standard InChI is InChI=1S/C35H39ClN6O3/c1-7-28-26(20-37)35(25-18-31(33(44-8-2)19-30(25)40-28)41-34(43)10-9-15-42(5)6)39-24-11-12-32(27(36)17-24)45-21-23-13-14-38-29(16-23)22(3)4/h9-14,16-19,22H,7-8,15,21H2,1-6H3,(H,39,40)(H,41,43)/b10-9+.